The van der Waals surface area contributed by atoms with Gasteiger partial charge in [-0.2, -0.15) is 5.10 Å². The number of nitrogens with one attached hydrogen (secondary N) is 1. The summed E-state index contributed by atoms with van der Waals surface area (Å²) in [4.78, 5) is 12.1. The maximum atomic E-state index is 12.1. The zero-order valence-electron chi connectivity index (χ0n) is 17.0. The van der Waals surface area contributed by atoms with Crippen molar-refractivity contribution in [2.75, 3.05) is 6.61 Å². The van der Waals surface area contributed by atoms with Crippen LogP contribution in [-0.4, -0.2) is 18.7 Å². The smallest absolute Gasteiger partial charge is 0.244 e. The van der Waals surface area contributed by atoms with Crippen molar-refractivity contribution >= 4 is 35.3 Å². The molecule has 3 aromatic carbocycles. The molecule has 0 bridgehead atoms. The van der Waals surface area contributed by atoms with Crippen LogP contribution in [0.5, 0.6) is 11.5 Å². The van der Waals surface area contributed by atoms with Gasteiger partial charge in [-0.25, -0.2) is 5.43 Å². The third-order valence-electron chi connectivity index (χ3n) is 4.27. The molecule has 0 spiro atoms. The molecular formula is C24H22Cl2N2O3. The van der Waals surface area contributed by atoms with Crippen LogP contribution >= 0.6 is 23.2 Å². The number of hydrogen-bond acceptors (Lipinski definition) is 4. The van der Waals surface area contributed by atoms with Crippen LogP contribution in [-0.2, 0) is 17.8 Å². The van der Waals surface area contributed by atoms with E-state index in [2.05, 4.69) is 10.5 Å². The summed E-state index contributed by atoms with van der Waals surface area (Å²) in [5.41, 5.74) is 5.05. The van der Waals surface area contributed by atoms with E-state index in [1.807, 2.05) is 61.5 Å². The van der Waals surface area contributed by atoms with Crippen molar-refractivity contribution in [2.24, 2.45) is 5.10 Å². The Kier molecular flexibility index (Phi) is 8.33. The maximum absolute atomic E-state index is 12.1. The van der Waals surface area contributed by atoms with Crippen LogP contribution < -0.4 is 14.9 Å². The topological polar surface area (TPSA) is 59.9 Å². The first-order valence-electron chi connectivity index (χ1n) is 9.74. The first-order chi connectivity index (χ1) is 15.0. The largest absolute Gasteiger partial charge is 0.494 e. The lowest BCUT2D eigenvalue weighted by molar-refractivity contribution is -0.120. The fraction of sp³-hybridized carbons (Fsp3) is 0.167. The number of halogens is 2. The zero-order valence-corrected chi connectivity index (χ0v) is 18.5. The van der Waals surface area contributed by atoms with Gasteiger partial charge in [0.05, 0.1) is 19.2 Å². The predicted molar refractivity (Wildman–Crippen MR) is 124 cm³/mol. The highest BCUT2D eigenvalue weighted by Gasteiger charge is 2.04. The highest BCUT2D eigenvalue weighted by atomic mass is 35.5. The number of carbonyl (C=O) groups is 1. The van der Waals surface area contributed by atoms with Gasteiger partial charge in [-0.3, -0.25) is 4.79 Å². The molecule has 3 aromatic rings. The lowest BCUT2D eigenvalue weighted by Crippen LogP contribution is -2.19. The van der Waals surface area contributed by atoms with E-state index < -0.39 is 0 Å². The second-order valence-electron chi connectivity index (χ2n) is 6.64. The Balaban J connectivity index is 1.50. The number of ether oxygens (including phenoxy) is 2. The standard InChI is InChI=1S/C24H22Cl2N2O3/c1-2-30-21-10-6-17(7-11-21)13-24(29)28-27-15-18-4-3-5-22(12-18)31-16-19-8-9-20(25)14-23(19)26/h3-12,14-15H,2,13,16H2,1H3,(H,28,29)/b27-15+. The van der Waals surface area contributed by atoms with E-state index in [0.29, 0.717) is 29.0 Å². The van der Waals surface area contributed by atoms with Gasteiger partial charge in [0.1, 0.15) is 18.1 Å². The van der Waals surface area contributed by atoms with Gasteiger partial charge in [0.25, 0.3) is 0 Å². The maximum Gasteiger partial charge on any atom is 0.244 e. The number of carbonyl (C=O) groups excluding carboxylic acids is 1. The predicted octanol–water partition coefficient (Wildman–Crippen LogP) is 5.66. The first kappa shape index (κ1) is 22.7. The molecule has 160 valence electrons. The summed E-state index contributed by atoms with van der Waals surface area (Å²) >= 11 is 12.1. The number of hydrogen-bond donors (Lipinski definition) is 1. The van der Waals surface area contributed by atoms with E-state index in [0.717, 1.165) is 22.4 Å². The Labute approximate surface area is 191 Å². The van der Waals surface area contributed by atoms with Gasteiger partial charge in [0.2, 0.25) is 5.91 Å². The van der Waals surface area contributed by atoms with Crippen LogP contribution in [0, 0.1) is 0 Å². The molecule has 0 atom stereocenters. The van der Waals surface area contributed by atoms with E-state index in [1.165, 1.54) is 0 Å². The van der Waals surface area contributed by atoms with Crippen molar-refractivity contribution < 1.29 is 14.3 Å². The molecule has 0 radical (unpaired) electrons. The van der Waals surface area contributed by atoms with E-state index in [-0.39, 0.29) is 12.3 Å². The summed E-state index contributed by atoms with van der Waals surface area (Å²) in [7, 11) is 0. The molecule has 0 saturated heterocycles. The molecule has 0 heterocycles. The van der Waals surface area contributed by atoms with Gasteiger partial charge in [0.15, 0.2) is 0 Å². The molecule has 0 aliphatic rings. The van der Waals surface area contributed by atoms with Crippen LogP contribution in [0.25, 0.3) is 0 Å². The fourth-order valence-corrected chi connectivity index (χ4v) is 3.22. The Hall–Kier alpha value is -3.02. The minimum absolute atomic E-state index is 0.204. The molecule has 0 aliphatic carbocycles. The minimum atomic E-state index is -0.204. The van der Waals surface area contributed by atoms with Crippen LogP contribution in [0.4, 0.5) is 0 Å². The SMILES string of the molecule is CCOc1ccc(CC(=O)N/N=C/c2cccc(OCc3ccc(Cl)cc3Cl)c2)cc1. The van der Waals surface area contributed by atoms with Gasteiger partial charge in [-0.1, -0.05) is 53.5 Å². The molecule has 0 fully saturated rings. The zero-order chi connectivity index (χ0) is 22.1. The molecule has 0 aromatic heterocycles. The van der Waals surface area contributed by atoms with Crippen molar-refractivity contribution in [1.82, 2.24) is 5.43 Å². The molecule has 5 nitrogen and oxygen atoms in total. The summed E-state index contributed by atoms with van der Waals surface area (Å²) in [6.07, 6.45) is 1.80. The average Bonchev–Trinajstić information content (AvgIpc) is 2.75. The van der Waals surface area contributed by atoms with Crippen LogP contribution in [0.1, 0.15) is 23.6 Å². The highest BCUT2D eigenvalue weighted by molar-refractivity contribution is 6.35. The second kappa shape index (κ2) is 11.4. The monoisotopic (exact) mass is 456 g/mol. The molecule has 31 heavy (non-hydrogen) atoms. The summed E-state index contributed by atoms with van der Waals surface area (Å²) in [5.74, 6) is 1.24. The number of hydrazone groups is 1. The third kappa shape index (κ3) is 7.31. The first-order valence-corrected chi connectivity index (χ1v) is 10.5. The van der Waals surface area contributed by atoms with E-state index >= 15 is 0 Å². The molecule has 0 saturated carbocycles. The van der Waals surface area contributed by atoms with E-state index in [9.17, 15) is 4.79 Å². The Bertz CT molecular complexity index is 1050. The fourth-order valence-electron chi connectivity index (χ4n) is 2.76. The highest BCUT2D eigenvalue weighted by Crippen LogP contribution is 2.23. The van der Waals surface area contributed by atoms with Crippen molar-refractivity contribution in [2.45, 2.75) is 20.0 Å². The molecule has 0 unspecified atom stereocenters. The quantitative estimate of drug-likeness (QED) is 0.333. The van der Waals surface area contributed by atoms with Crippen molar-refractivity contribution in [3.05, 3.63) is 93.5 Å². The Morgan fingerprint density at radius 1 is 1.00 bits per heavy atom. The lowest BCUT2D eigenvalue weighted by Gasteiger charge is -2.08. The van der Waals surface area contributed by atoms with Gasteiger partial charge < -0.3 is 9.47 Å². The average molecular weight is 457 g/mol. The molecule has 3 rings (SSSR count). The van der Waals surface area contributed by atoms with Gasteiger partial charge in [-0.05, 0) is 54.4 Å². The molecule has 0 aliphatic heterocycles. The summed E-state index contributed by atoms with van der Waals surface area (Å²) in [6.45, 7) is 2.85. The lowest BCUT2D eigenvalue weighted by atomic mass is 10.1. The summed E-state index contributed by atoms with van der Waals surface area (Å²) < 4.78 is 11.2. The summed E-state index contributed by atoms with van der Waals surface area (Å²) in [6, 6.07) is 20.1. The molecule has 1 amide bonds. The number of amides is 1. The Morgan fingerprint density at radius 2 is 1.81 bits per heavy atom. The van der Waals surface area contributed by atoms with Crippen LogP contribution in [0.3, 0.4) is 0 Å². The molecular weight excluding hydrogens is 435 g/mol. The van der Waals surface area contributed by atoms with E-state index in [4.69, 9.17) is 32.7 Å². The van der Waals surface area contributed by atoms with Crippen molar-refractivity contribution in [1.29, 1.82) is 0 Å². The van der Waals surface area contributed by atoms with Crippen LogP contribution in [0.2, 0.25) is 10.0 Å². The van der Waals surface area contributed by atoms with Gasteiger partial charge in [-0.15, -0.1) is 0 Å². The Morgan fingerprint density at radius 3 is 2.55 bits per heavy atom. The molecule has 7 heteroatoms. The minimum Gasteiger partial charge on any atom is -0.494 e. The van der Waals surface area contributed by atoms with Gasteiger partial charge in [0, 0.05) is 15.6 Å². The number of rotatable bonds is 9. The summed E-state index contributed by atoms with van der Waals surface area (Å²) in [5, 5.41) is 5.16. The number of benzene rings is 3. The van der Waals surface area contributed by atoms with Gasteiger partial charge >= 0.3 is 0 Å². The second-order valence-corrected chi connectivity index (χ2v) is 7.49. The van der Waals surface area contributed by atoms with Crippen molar-refractivity contribution in [3.8, 4) is 11.5 Å². The normalized spacial score (nSPS) is 10.8. The molecule has 1 N–H and O–H groups in total. The third-order valence-corrected chi connectivity index (χ3v) is 4.86. The van der Waals surface area contributed by atoms with Crippen LogP contribution in [0.15, 0.2) is 71.8 Å². The van der Waals surface area contributed by atoms with Crippen molar-refractivity contribution in [3.63, 3.8) is 0 Å². The van der Waals surface area contributed by atoms with E-state index in [1.54, 1.807) is 18.3 Å². The number of nitrogens with zero attached hydrogens (tertiary/aromatic N) is 1.